The predicted molar refractivity (Wildman–Crippen MR) is 82.7 cm³/mol. The Labute approximate surface area is 127 Å². The van der Waals surface area contributed by atoms with E-state index in [1.54, 1.807) is 7.11 Å². The van der Waals surface area contributed by atoms with Crippen LogP contribution in [0.3, 0.4) is 0 Å². The van der Waals surface area contributed by atoms with Crippen LogP contribution in [0.4, 0.5) is 0 Å². The number of unbranched alkanes of at least 4 members (excludes halogenated alkanes) is 1. The molecule has 2 rings (SSSR count). The molecular formula is C17H25NO3. The molecule has 0 radical (unpaired) electrons. The molecule has 4 nitrogen and oxygen atoms in total. The molecular weight excluding hydrogens is 266 g/mol. The quantitative estimate of drug-likeness (QED) is 0.807. The summed E-state index contributed by atoms with van der Waals surface area (Å²) >= 11 is 0. The number of methoxy groups -OCH3 is 1. The van der Waals surface area contributed by atoms with E-state index in [0.717, 1.165) is 50.3 Å². The van der Waals surface area contributed by atoms with Crippen molar-refractivity contribution < 1.29 is 14.3 Å². The van der Waals surface area contributed by atoms with Crippen LogP contribution in [-0.4, -0.2) is 37.1 Å². The molecule has 1 aromatic carbocycles. The molecule has 4 heteroatoms. The van der Waals surface area contributed by atoms with Crippen molar-refractivity contribution in [1.29, 1.82) is 0 Å². The summed E-state index contributed by atoms with van der Waals surface area (Å²) in [6.45, 7) is 3.73. The van der Waals surface area contributed by atoms with Gasteiger partial charge in [-0.2, -0.15) is 0 Å². The maximum atomic E-state index is 12.0. The van der Waals surface area contributed by atoms with Gasteiger partial charge in [0.05, 0.1) is 7.11 Å². The molecule has 1 saturated heterocycles. The zero-order valence-electron chi connectivity index (χ0n) is 13.0. The van der Waals surface area contributed by atoms with Crippen molar-refractivity contribution in [3.05, 3.63) is 24.3 Å². The molecule has 116 valence electrons. The van der Waals surface area contributed by atoms with Crippen molar-refractivity contribution in [1.82, 2.24) is 4.90 Å². The van der Waals surface area contributed by atoms with E-state index in [4.69, 9.17) is 9.47 Å². The van der Waals surface area contributed by atoms with Crippen LogP contribution in [0.1, 0.15) is 39.0 Å². The second-order valence-electron chi connectivity index (χ2n) is 5.48. The molecule has 0 bridgehead atoms. The molecule has 0 N–H and O–H groups in total. The number of likely N-dealkylation sites (tertiary alicyclic amines) is 1. The van der Waals surface area contributed by atoms with Gasteiger partial charge < -0.3 is 14.4 Å². The number of carbonyl (C=O) groups excluding carboxylic acids is 1. The maximum Gasteiger partial charge on any atom is 0.222 e. The van der Waals surface area contributed by atoms with Crippen molar-refractivity contribution >= 4 is 5.91 Å². The van der Waals surface area contributed by atoms with Crippen LogP contribution in [-0.2, 0) is 4.79 Å². The fourth-order valence-corrected chi connectivity index (χ4v) is 2.56. The Bertz CT molecular complexity index is 436. The number of carbonyl (C=O) groups is 1. The van der Waals surface area contributed by atoms with E-state index >= 15 is 0 Å². The van der Waals surface area contributed by atoms with Gasteiger partial charge in [0.2, 0.25) is 5.91 Å². The first-order chi connectivity index (χ1) is 10.2. The van der Waals surface area contributed by atoms with E-state index in [0.29, 0.717) is 12.3 Å². The van der Waals surface area contributed by atoms with Gasteiger partial charge in [-0.15, -0.1) is 0 Å². The lowest BCUT2D eigenvalue weighted by Gasteiger charge is -2.32. The minimum absolute atomic E-state index is 0.202. The largest absolute Gasteiger partial charge is 0.497 e. The van der Waals surface area contributed by atoms with Gasteiger partial charge in [0.15, 0.2) is 0 Å². The summed E-state index contributed by atoms with van der Waals surface area (Å²) in [7, 11) is 1.65. The summed E-state index contributed by atoms with van der Waals surface area (Å²) in [5, 5.41) is 0. The van der Waals surface area contributed by atoms with Crippen LogP contribution < -0.4 is 9.47 Å². The third-order valence-corrected chi connectivity index (χ3v) is 3.90. The number of hydrogen-bond acceptors (Lipinski definition) is 3. The standard InChI is InChI=1S/C17H25NO3/c1-3-4-5-17(19)18-12-10-16(11-13-18)21-15-8-6-14(20-2)7-9-15/h6-9,16H,3-5,10-13H2,1-2H3. The third-order valence-electron chi connectivity index (χ3n) is 3.90. The molecule has 0 atom stereocenters. The summed E-state index contributed by atoms with van der Waals surface area (Å²) in [4.78, 5) is 13.9. The summed E-state index contributed by atoms with van der Waals surface area (Å²) in [6.07, 6.45) is 4.76. The number of benzene rings is 1. The Kier molecular flexibility index (Phi) is 5.90. The second-order valence-corrected chi connectivity index (χ2v) is 5.48. The van der Waals surface area contributed by atoms with Crippen molar-refractivity contribution in [3.63, 3.8) is 0 Å². The lowest BCUT2D eigenvalue weighted by Crippen LogP contribution is -2.41. The summed E-state index contributed by atoms with van der Waals surface area (Å²) in [6, 6.07) is 7.66. The first-order valence-electron chi connectivity index (χ1n) is 7.81. The molecule has 1 heterocycles. The van der Waals surface area contributed by atoms with E-state index in [1.165, 1.54) is 0 Å². The average molecular weight is 291 g/mol. The van der Waals surface area contributed by atoms with Crippen LogP contribution in [0.5, 0.6) is 11.5 Å². The Morgan fingerprint density at radius 2 is 1.81 bits per heavy atom. The molecule has 0 unspecified atom stereocenters. The van der Waals surface area contributed by atoms with Crippen molar-refractivity contribution in [3.8, 4) is 11.5 Å². The van der Waals surface area contributed by atoms with E-state index in [9.17, 15) is 4.79 Å². The molecule has 21 heavy (non-hydrogen) atoms. The highest BCUT2D eigenvalue weighted by atomic mass is 16.5. The van der Waals surface area contributed by atoms with Gasteiger partial charge in [-0.3, -0.25) is 4.79 Å². The third kappa shape index (κ3) is 4.66. The average Bonchev–Trinajstić information content (AvgIpc) is 2.54. The predicted octanol–water partition coefficient (Wildman–Crippen LogP) is 3.26. The van der Waals surface area contributed by atoms with E-state index in [-0.39, 0.29) is 6.10 Å². The van der Waals surface area contributed by atoms with E-state index in [1.807, 2.05) is 29.2 Å². The minimum Gasteiger partial charge on any atom is -0.497 e. The molecule has 1 fully saturated rings. The topological polar surface area (TPSA) is 38.8 Å². The lowest BCUT2D eigenvalue weighted by molar-refractivity contribution is -0.133. The fourth-order valence-electron chi connectivity index (χ4n) is 2.56. The van der Waals surface area contributed by atoms with Crippen LogP contribution >= 0.6 is 0 Å². The van der Waals surface area contributed by atoms with Crippen LogP contribution in [0, 0.1) is 0 Å². The second kappa shape index (κ2) is 7.91. The zero-order chi connectivity index (χ0) is 15.1. The van der Waals surface area contributed by atoms with Crippen molar-refractivity contribution in [2.75, 3.05) is 20.2 Å². The van der Waals surface area contributed by atoms with Gasteiger partial charge >= 0.3 is 0 Å². The lowest BCUT2D eigenvalue weighted by atomic mass is 10.1. The number of piperidine rings is 1. The summed E-state index contributed by atoms with van der Waals surface area (Å²) < 4.78 is 11.1. The molecule has 0 aromatic heterocycles. The van der Waals surface area contributed by atoms with Gasteiger partial charge in [0.1, 0.15) is 17.6 Å². The van der Waals surface area contributed by atoms with Gasteiger partial charge in [-0.1, -0.05) is 13.3 Å². The van der Waals surface area contributed by atoms with Crippen molar-refractivity contribution in [2.24, 2.45) is 0 Å². The Hall–Kier alpha value is -1.71. The Balaban J connectivity index is 1.76. The van der Waals surface area contributed by atoms with E-state index < -0.39 is 0 Å². The summed E-state index contributed by atoms with van der Waals surface area (Å²) in [5.74, 6) is 1.99. The minimum atomic E-state index is 0.202. The first kappa shape index (κ1) is 15.7. The molecule has 1 aliphatic rings. The van der Waals surface area contributed by atoms with Gasteiger partial charge in [-0.05, 0) is 30.7 Å². The SMILES string of the molecule is CCCCC(=O)N1CCC(Oc2ccc(OC)cc2)CC1. The van der Waals surface area contributed by atoms with Gasteiger partial charge in [0, 0.05) is 32.4 Å². The molecule has 0 aliphatic carbocycles. The van der Waals surface area contributed by atoms with Gasteiger partial charge in [0.25, 0.3) is 0 Å². The number of ether oxygens (including phenoxy) is 2. The molecule has 1 amide bonds. The van der Waals surface area contributed by atoms with Crippen LogP contribution in [0.15, 0.2) is 24.3 Å². The number of hydrogen-bond donors (Lipinski definition) is 0. The van der Waals surface area contributed by atoms with Gasteiger partial charge in [-0.25, -0.2) is 0 Å². The summed E-state index contributed by atoms with van der Waals surface area (Å²) in [5.41, 5.74) is 0. The zero-order valence-corrected chi connectivity index (χ0v) is 13.0. The van der Waals surface area contributed by atoms with Crippen LogP contribution in [0.2, 0.25) is 0 Å². The highest BCUT2D eigenvalue weighted by Gasteiger charge is 2.23. The van der Waals surface area contributed by atoms with E-state index in [2.05, 4.69) is 6.92 Å². The molecule has 1 aromatic rings. The number of nitrogens with zero attached hydrogens (tertiary/aromatic N) is 1. The highest BCUT2D eigenvalue weighted by Crippen LogP contribution is 2.22. The number of rotatable bonds is 6. The monoisotopic (exact) mass is 291 g/mol. The smallest absolute Gasteiger partial charge is 0.222 e. The highest BCUT2D eigenvalue weighted by molar-refractivity contribution is 5.76. The first-order valence-corrected chi connectivity index (χ1v) is 7.81. The Morgan fingerprint density at radius 1 is 1.19 bits per heavy atom. The van der Waals surface area contributed by atoms with Crippen molar-refractivity contribution in [2.45, 2.75) is 45.1 Å². The molecule has 0 saturated carbocycles. The number of amides is 1. The maximum absolute atomic E-state index is 12.0. The Morgan fingerprint density at radius 3 is 2.38 bits per heavy atom. The molecule has 1 aliphatic heterocycles. The fraction of sp³-hybridized carbons (Fsp3) is 0.588. The normalized spacial score (nSPS) is 15.8. The van der Waals surface area contributed by atoms with Crippen LogP contribution in [0.25, 0.3) is 0 Å². The molecule has 0 spiro atoms.